The lowest BCUT2D eigenvalue weighted by atomic mass is 10.2. The second-order valence-electron chi connectivity index (χ2n) is 3.61. The van der Waals surface area contributed by atoms with Crippen LogP contribution in [0.15, 0.2) is 38.9 Å². The molecule has 0 radical (unpaired) electrons. The quantitative estimate of drug-likeness (QED) is 0.887. The van der Waals surface area contributed by atoms with Crippen molar-refractivity contribution in [2.24, 2.45) is 5.73 Å². The Bertz CT molecular complexity index is 494. The molecule has 2 rings (SSSR count). The van der Waals surface area contributed by atoms with E-state index in [1.165, 1.54) is 0 Å². The molecular weight excluding hydrogens is 220 g/mol. The van der Waals surface area contributed by atoms with Crippen LogP contribution in [-0.4, -0.2) is 4.98 Å². The van der Waals surface area contributed by atoms with E-state index in [0.717, 1.165) is 26.8 Å². The van der Waals surface area contributed by atoms with Crippen molar-refractivity contribution in [3.05, 3.63) is 41.5 Å². The van der Waals surface area contributed by atoms with E-state index in [0.29, 0.717) is 6.54 Å². The first kappa shape index (κ1) is 11.2. The van der Waals surface area contributed by atoms with Crippen LogP contribution in [0, 0.1) is 13.8 Å². The topological polar surface area (TPSA) is 52.0 Å². The molecule has 0 atom stereocenters. The van der Waals surface area contributed by atoms with Crippen molar-refractivity contribution in [3.8, 4) is 0 Å². The number of hydrogen-bond donors (Lipinski definition) is 1. The molecule has 0 fully saturated rings. The van der Waals surface area contributed by atoms with Gasteiger partial charge in [-0.3, -0.25) is 0 Å². The number of rotatable bonds is 3. The summed E-state index contributed by atoms with van der Waals surface area (Å²) < 4.78 is 5.25. The number of furan rings is 1. The van der Waals surface area contributed by atoms with Gasteiger partial charge in [0.05, 0.1) is 11.2 Å². The van der Waals surface area contributed by atoms with Crippen molar-refractivity contribution in [1.29, 1.82) is 0 Å². The van der Waals surface area contributed by atoms with E-state index in [-0.39, 0.29) is 0 Å². The van der Waals surface area contributed by atoms with Gasteiger partial charge in [0.2, 0.25) is 0 Å². The Hall–Kier alpha value is -1.26. The summed E-state index contributed by atoms with van der Waals surface area (Å²) in [7, 11) is 0. The van der Waals surface area contributed by atoms with Crippen LogP contribution in [-0.2, 0) is 6.54 Å². The lowest BCUT2D eigenvalue weighted by Gasteiger charge is -2.05. The molecule has 2 aromatic heterocycles. The van der Waals surface area contributed by atoms with Crippen LogP contribution < -0.4 is 5.73 Å². The molecule has 0 aliphatic rings. The molecule has 3 nitrogen and oxygen atoms in total. The molecule has 0 unspecified atom stereocenters. The van der Waals surface area contributed by atoms with Gasteiger partial charge in [0.25, 0.3) is 0 Å². The summed E-state index contributed by atoms with van der Waals surface area (Å²) in [5.74, 6) is 0.925. The molecule has 0 saturated carbocycles. The van der Waals surface area contributed by atoms with E-state index in [1.54, 1.807) is 18.0 Å². The SMILES string of the molecule is Cc1cc(CN)cnc1Sc1ccoc1C. The molecule has 0 aliphatic heterocycles. The van der Waals surface area contributed by atoms with Crippen LogP contribution in [0.2, 0.25) is 0 Å². The lowest BCUT2D eigenvalue weighted by Crippen LogP contribution is -1.98. The van der Waals surface area contributed by atoms with Crippen LogP contribution in [0.4, 0.5) is 0 Å². The standard InChI is InChI=1S/C12H14N2OS/c1-8-5-10(6-13)7-14-12(8)16-11-3-4-15-9(11)2/h3-5,7H,6,13H2,1-2H3. The van der Waals surface area contributed by atoms with Crippen LogP contribution in [0.3, 0.4) is 0 Å². The van der Waals surface area contributed by atoms with E-state index in [9.17, 15) is 0 Å². The van der Waals surface area contributed by atoms with E-state index in [1.807, 2.05) is 26.1 Å². The predicted molar refractivity (Wildman–Crippen MR) is 64.4 cm³/mol. The first-order chi connectivity index (χ1) is 7.70. The molecule has 0 saturated heterocycles. The number of aryl methyl sites for hydroxylation is 2. The number of nitrogens with two attached hydrogens (primary N) is 1. The average Bonchev–Trinajstić information content (AvgIpc) is 2.67. The Kier molecular flexibility index (Phi) is 3.31. The van der Waals surface area contributed by atoms with Crippen LogP contribution in [0.5, 0.6) is 0 Å². The van der Waals surface area contributed by atoms with Crippen LogP contribution in [0.1, 0.15) is 16.9 Å². The third-order valence-corrected chi connectivity index (χ3v) is 3.60. The molecule has 0 spiro atoms. The average molecular weight is 234 g/mol. The summed E-state index contributed by atoms with van der Waals surface area (Å²) in [5.41, 5.74) is 7.77. The smallest absolute Gasteiger partial charge is 0.114 e. The maximum Gasteiger partial charge on any atom is 0.114 e. The fourth-order valence-corrected chi connectivity index (χ4v) is 2.27. The third kappa shape index (κ3) is 2.28. The van der Waals surface area contributed by atoms with Crippen molar-refractivity contribution >= 4 is 11.8 Å². The second-order valence-corrected chi connectivity index (χ2v) is 4.64. The van der Waals surface area contributed by atoms with Crippen molar-refractivity contribution in [3.63, 3.8) is 0 Å². The summed E-state index contributed by atoms with van der Waals surface area (Å²) in [6.07, 6.45) is 3.52. The molecule has 16 heavy (non-hydrogen) atoms. The Morgan fingerprint density at radius 3 is 2.81 bits per heavy atom. The number of aromatic nitrogens is 1. The van der Waals surface area contributed by atoms with Crippen LogP contribution >= 0.6 is 11.8 Å². The van der Waals surface area contributed by atoms with E-state index < -0.39 is 0 Å². The monoisotopic (exact) mass is 234 g/mol. The fraction of sp³-hybridized carbons (Fsp3) is 0.250. The molecule has 4 heteroatoms. The number of pyridine rings is 1. The highest BCUT2D eigenvalue weighted by Gasteiger charge is 2.07. The van der Waals surface area contributed by atoms with Crippen molar-refractivity contribution in [1.82, 2.24) is 4.98 Å². The van der Waals surface area contributed by atoms with E-state index in [2.05, 4.69) is 11.1 Å². The van der Waals surface area contributed by atoms with Crippen molar-refractivity contribution in [2.75, 3.05) is 0 Å². The Labute approximate surface area is 99.1 Å². The summed E-state index contributed by atoms with van der Waals surface area (Å²) in [6.45, 7) is 4.53. The normalized spacial score (nSPS) is 10.7. The summed E-state index contributed by atoms with van der Waals surface area (Å²) in [4.78, 5) is 5.51. The van der Waals surface area contributed by atoms with Gasteiger partial charge in [-0.2, -0.15) is 0 Å². The van der Waals surface area contributed by atoms with Gasteiger partial charge >= 0.3 is 0 Å². The molecule has 2 heterocycles. The molecule has 0 amide bonds. The summed E-state index contributed by atoms with van der Waals surface area (Å²) in [5, 5.41) is 1.00. The maximum absolute atomic E-state index is 5.57. The van der Waals surface area contributed by atoms with Crippen LogP contribution in [0.25, 0.3) is 0 Å². The first-order valence-corrected chi connectivity index (χ1v) is 5.90. The van der Waals surface area contributed by atoms with Gasteiger partial charge in [0.1, 0.15) is 10.8 Å². The molecular formula is C12H14N2OS. The zero-order valence-electron chi connectivity index (χ0n) is 9.36. The minimum absolute atomic E-state index is 0.531. The number of hydrogen-bond acceptors (Lipinski definition) is 4. The molecule has 0 aromatic carbocycles. The molecule has 0 bridgehead atoms. The number of nitrogens with zero attached hydrogens (tertiary/aromatic N) is 1. The largest absolute Gasteiger partial charge is 0.468 e. The fourth-order valence-electron chi connectivity index (χ4n) is 1.42. The maximum atomic E-state index is 5.57. The second kappa shape index (κ2) is 4.72. The first-order valence-electron chi connectivity index (χ1n) is 5.08. The zero-order valence-corrected chi connectivity index (χ0v) is 10.2. The van der Waals surface area contributed by atoms with Gasteiger partial charge in [0, 0.05) is 12.7 Å². The Balaban J connectivity index is 2.25. The molecule has 2 N–H and O–H groups in total. The summed E-state index contributed by atoms with van der Waals surface area (Å²) in [6, 6.07) is 4.03. The van der Waals surface area contributed by atoms with Gasteiger partial charge in [-0.15, -0.1) is 0 Å². The van der Waals surface area contributed by atoms with E-state index in [4.69, 9.17) is 10.2 Å². The molecule has 2 aromatic rings. The predicted octanol–water partition coefficient (Wildman–Crippen LogP) is 2.90. The minimum atomic E-state index is 0.531. The van der Waals surface area contributed by atoms with E-state index >= 15 is 0 Å². The highest BCUT2D eigenvalue weighted by Crippen LogP contribution is 2.31. The van der Waals surface area contributed by atoms with Crippen molar-refractivity contribution < 1.29 is 4.42 Å². The minimum Gasteiger partial charge on any atom is -0.468 e. The Morgan fingerprint density at radius 2 is 2.25 bits per heavy atom. The molecule has 0 aliphatic carbocycles. The summed E-state index contributed by atoms with van der Waals surface area (Å²) >= 11 is 1.62. The van der Waals surface area contributed by atoms with Gasteiger partial charge in [-0.25, -0.2) is 4.98 Å². The zero-order chi connectivity index (χ0) is 11.5. The Morgan fingerprint density at radius 1 is 1.44 bits per heavy atom. The van der Waals surface area contributed by atoms with Gasteiger partial charge < -0.3 is 10.2 Å². The highest BCUT2D eigenvalue weighted by atomic mass is 32.2. The highest BCUT2D eigenvalue weighted by molar-refractivity contribution is 7.99. The van der Waals surface area contributed by atoms with Gasteiger partial charge in [-0.05, 0) is 31.0 Å². The van der Waals surface area contributed by atoms with Gasteiger partial charge in [-0.1, -0.05) is 17.8 Å². The van der Waals surface area contributed by atoms with Gasteiger partial charge in [0.15, 0.2) is 0 Å². The molecule has 84 valence electrons. The van der Waals surface area contributed by atoms with Crippen molar-refractivity contribution in [2.45, 2.75) is 30.3 Å². The lowest BCUT2D eigenvalue weighted by molar-refractivity contribution is 0.527. The third-order valence-electron chi connectivity index (χ3n) is 2.34.